The molecule has 0 unspecified atom stereocenters. The summed E-state index contributed by atoms with van der Waals surface area (Å²) in [5, 5.41) is 10.7. The van der Waals surface area contributed by atoms with Crippen LogP contribution in [0.5, 0.6) is 0 Å². The first-order valence-corrected chi connectivity index (χ1v) is 6.19. The number of benzene rings is 1. The van der Waals surface area contributed by atoms with Gasteiger partial charge >= 0.3 is 5.97 Å². The number of nitrogens with one attached hydrogen (secondary N) is 1. The second-order valence-electron chi connectivity index (χ2n) is 3.37. The first-order valence-electron chi connectivity index (χ1n) is 5.03. The fraction of sp³-hybridized carbons (Fsp3) is 0.273. The van der Waals surface area contributed by atoms with Crippen molar-refractivity contribution in [2.45, 2.75) is 6.42 Å². The van der Waals surface area contributed by atoms with Crippen LogP contribution in [0, 0.1) is 11.6 Å². The zero-order valence-electron chi connectivity index (χ0n) is 9.28. The number of anilines is 1. The van der Waals surface area contributed by atoms with Crippen molar-refractivity contribution in [2.24, 2.45) is 0 Å². The van der Waals surface area contributed by atoms with Crippen LogP contribution < -0.4 is 5.32 Å². The number of carbonyl (C=O) groups excluding carboxylic acids is 1. The fourth-order valence-corrected chi connectivity index (χ4v) is 1.82. The van der Waals surface area contributed by atoms with Gasteiger partial charge in [-0.05, 0) is 12.1 Å². The van der Waals surface area contributed by atoms with Gasteiger partial charge < -0.3 is 10.4 Å². The third kappa shape index (κ3) is 5.13. The lowest BCUT2D eigenvalue weighted by molar-refractivity contribution is -0.136. The molecule has 7 heteroatoms. The van der Waals surface area contributed by atoms with Crippen molar-refractivity contribution in [1.82, 2.24) is 0 Å². The number of carboxylic acids is 1. The number of carboxylic acid groups (broad SMARTS) is 1. The summed E-state index contributed by atoms with van der Waals surface area (Å²) in [5.74, 6) is -2.65. The molecule has 0 saturated heterocycles. The van der Waals surface area contributed by atoms with Gasteiger partial charge in [0.1, 0.15) is 11.6 Å². The molecule has 1 aromatic rings. The molecule has 0 radical (unpaired) electrons. The molecular formula is C11H11F2NO3S. The molecule has 18 heavy (non-hydrogen) atoms. The predicted octanol–water partition coefficient (Wildman–Crippen LogP) is 2.11. The van der Waals surface area contributed by atoms with Gasteiger partial charge in [0, 0.05) is 11.8 Å². The molecule has 0 aromatic heterocycles. The Bertz CT molecular complexity index is 454. The number of halogens is 2. The Morgan fingerprint density at radius 3 is 2.67 bits per heavy atom. The Kier molecular flexibility index (Phi) is 5.57. The van der Waals surface area contributed by atoms with Crippen LogP contribution in [0.1, 0.15) is 6.42 Å². The van der Waals surface area contributed by atoms with E-state index in [0.717, 1.165) is 23.9 Å². The average Bonchev–Trinajstić information content (AvgIpc) is 2.28. The quantitative estimate of drug-likeness (QED) is 0.780. The second kappa shape index (κ2) is 6.95. The predicted molar refractivity (Wildman–Crippen MR) is 64.6 cm³/mol. The van der Waals surface area contributed by atoms with Crippen molar-refractivity contribution >= 4 is 29.3 Å². The molecule has 4 nitrogen and oxygen atoms in total. The first-order chi connectivity index (χ1) is 8.49. The molecule has 1 amide bonds. The number of rotatable bonds is 6. The van der Waals surface area contributed by atoms with Crippen molar-refractivity contribution in [1.29, 1.82) is 0 Å². The van der Waals surface area contributed by atoms with Crippen molar-refractivity contribution in [2.75, 3.05) is 16.8 Å². The van der Waals surface area contributed by atoms with Gasteiger partial charge in [-0.2, -0.15) is 11.8 Å². The Balaban J connectivity index is 2.38. The van der Waals surface area contributed by atoms with E-state index in [1.165, 1.54) is 0 Å². The molecule has 0 atom stereocenters. The van der Waals surface area contributed by atoms with Crippen LogP contribution in [-0.4, -0.2) is 28.5 Å². The normalized spacial score (nSPS) is 10.1. The van der Waals surface area contributed by atoms with E-state index in [1.54, 1.807) is 0 Å². The Labute approximate surface area is 106 Å². The van der Waals surface area contributed by atoms with Crippen LogP contribution in [0.15, 0.2) is 18.2 Å². The molecule has 0 aliphatic carbocycles. The minimum Gasteiger partial charge on any atom is -0.481 e. The highest BCUT2D eigenvalue weighted by atomic mass is 32.2. The minimum atomic E-state index is -0.938. The van der Waals surface area contributed by atoms with E-state index in [0.29, 0.717) is 11.8 Å². The van der Waals surface area contributed by atoms with Gasteiger partial charge in [0.15, 0.2) is 0 Å². The molecule has 1 rings (SSSR count). The van der Waals surface area contributed by atoms with E-state index in [4.69, 9.17) is 5.11 Å². The molecule has 0 heterocycles. The highest BCUT2D eigenvalue weighted by Crippen LogP contribution is 2.15. The van der Waals surface area contributed by atoms with Gasteiger partial charge in [-0.1, -0.05) is 0 Å². The van der Waals surface area contributed by atoms with Crippen LogP contribution in [0.4, 0.5) is 14.5 Å². The molecule has 0 saturated carbocycles. The van der Waals surface area contributed by atoms with Gasteiger partial charge in [0.2, 0.25) is 5.91 Å². The summed E-state index contributed by atoms with van der Waals surface area (Å²) in [7, 11) is 0. The Morgan fingerprint density at radius 1 is 1.33 bits per heavy atom. The molecule has 2 N–H and O–H groups in total. The lowest BCUT2D eigenvalue weighted by Gasteiger charge is -2.05. The zero-order valence-corrected chi connectivity index (χ0v) is 10.1. The van der Waals surface area contributed by atoms with E-state index in [-0.39, 0.29) is 17.9 Å². The summed E-state index contributed by atoms with van der Waals surface area (Å²) in [6.45, 7) is 0. The van der Waals surface area contributed by atoms with Gasteiger partial charge in [-0.25, -0.2) is 8.78 Å². The largest absolute Gasteiger partial charge is 0.481 e. The van der Waals surface area contributed by atoms with E-state index in [2.05, 4.69) is 5.32 Å². The maximum Gasteiger partial charge on any atom is 0.304 e. The van der Waals surface area contributed by atoms with Crippen molar-refractivity contribution in [3.05, 3.63) is 29.8 Å². The van der Waals surface area contributed by atoms with Gasteiger partial charge in [-0.3, -0.25) is 9.59 Å². The van der Waals surface area contributed by atoms with E-state index >= 15 is 0 Å². The van der Waals surface area contributed by atoms with Crippen LogP contribution in [0.3, 0.4) is 0 Å². The van der Waals surface area contributed by atoms with Crippen LogP contribution in [0.25, 0.3) is 0 Å². The lowest BCUT2D eigenvalue weighted by Crippen LogP contribution is -2.15. The summed E-state index contributed by atoms with van der Waals surface area (Å²) >= 11 is 1.13. The van der Waals surface area contributed by atoms with Gasteiger partial charge in [0.25, 0.3) is 0 Å². The lowest BCUT2D eigenvalue weighted by atomic mass is 10.3. The molecule has 98 valence electrons. The first kappa shape index (κ1) is 14.4. The summed E-state index contributed by atoms with van der Waals surface area (Å²) in [6.07, 6.45) is -0.0388. The summed E-state index contributed by atoms with van der Waals surface area (Å²) in [4.78, 5) is 21.6. The molecule has 0 aliphatic rings. The van der Waals surface area contributed by atoms with Crippen LogP contribution >= 0.6 is 11.8 Å². The zero-order chi connectivity index (χ0) is 13.5. The molecule has 0 spiro atoms. The highest BCUT2D eigenvalue weighted by Gasteiger charge is 2.08. The van der Waals surface area contributed by atoms with Gasteiger partial charge in [-0.15, -0.1) is 0 Å². The van der Waals surface area contributed by atoms with Crippen molar-refractivity contribution in [3.63, 3.8) is 0 Å². The number of hydrogen-bond acceptors (Lipinski definition) is 3. The van der Waals surface area contributed by atoms with Crippen LogP contribution in [-0.2, 0) is 9.59 Å². The van der Waals surface area contributed by atoms with E-state index in [1.807, 2.05) is 0 Å². The topological polar surface area (TPSA) is 66.4 Å². The Morgan fingerprint density at radius 2 is 2.06 bits per heavy atom. The number of thioether (sulfide) groups is 1. The number of hydrogen-bond donors (Lipinski definition) is 2. The molecule has 0 bridgehead atoms. The number of amides is 1. The van der Waals surface area contributed by atoms with E-state index < -0.39 is 23.5 Å². The standard InChI is InChI=1S/C11H11F2NO3S/c12-7-1-2-9(8(13)5-7)14-10(15)6-18-4-3-11(16)17/h1-2,5H,3-4,6H2,(H,14,15)(H,16,17). The minimum absolute atomic E-state index is 0.0180. The number of carbonyl (C=O) groups is 2. The molecule has 1 aromatic carbocycles. The van der Waals surface area contributed by atoms with Crippen LogP contribution in [0.2, 0.25) is 0 Å². The van der Waals surface area contributed by atoms with Crippen molar-refractivity contribution < 1.29 is 23.5 Å². The SMILES string of the molecule is O=C(O)CCSCC(=O)Nc1ccc(F)cc1F. The summed E-state index contributed by atoms with van der Waals surface area (Å²) in [5.41, 5.74) is -0.0970. The average molecular weight is 275 g/mol. The Hall–Kier alpha value is -1.63. The van der Waals surface area contributed by atoms with Gasteiger partial charge in [0.05, 0.1) is 17.9 Å². The monoisotopic (exact) mass is 275 g/mol. The van der Waals surface area contributed by atoms with E-state index in [9.17, 15) is 18.4 Å². The smallest absolute Gasteiger partial charge is 0.304 e. The summed E-state index contributed by atoms with van der Waals surface area (Å²) in [6, 6.07) is 2.84. The second-order valence-corrected chi connectivity index (χ2v) is 4.47. The molecular weight excluding hydrogens is 264 g/mol. The number of aliphatic carboxylic acids is 1. The highest BCUT2D eigenvalue weighted by molar-refractivity contribution is 7.99. The third-order valence-electron chi connectivity index (χ3n) is 1.90. The fourth-order valence-electron chi connectivity index (χ4n) is 1.10. The third-order valence-corrected chi connectivity index (χ3v) is 2.86. The summed E-state index contributed by atoms with van der Waals surface area (Å²) < 4.78 is 25.8. The maximum absolute atomic E-state index is 13.2. The molecule has 0 fully saturated rings. The maximum atomic E-state index is 13.2. The molecule has 0 aliphatic heterocycles. The van der Waals surface area contributed by atoms with Crippen molar-refractivity contribution in [3.8, 4) is 0 Å².